The van der Waals surface area contributed by atoms with Gasteiger partial charge in [0.05, 0.1) is 22.5 Å². The lowest BCUT2D eigenvalue weighted by Crippen LogP contribution is -2.11. The molecule has 0 aliphatic rings. The molecule has 0 saturated heterocycles. The van der Waals surface area contributed by atoms with Crippen molar-refractivity contribution in [2.24, 2.45) is 0 Å². The molecule has 0 saturated carbocycles. The number of aromatic nitrogens is 1. The topological polar surface area (TPSA) is 79.3 Å². The van der Waals surface area contributed by atoms with Crippen LogP contribution >= 0.6 is 22.9 Å². The Kier molecular flexibility index (Phi) is 3.59. The van der Waals surface area contributed by atoms with Crippen molar-refractivity contribution < 1.29 is 14.7 Å². The molecular weight excluding hydrogens is 276 g/mol. The Hall–Kier alpha value is -1.92. The largest absolute Gasteiger partial charge is 0.478 e. The highest BCUT2D eigenvalue weighted by atomic mass is 35.5. The summed E-state index contributed by atoms with van der Waals surface area (Å²) in [5, 5.41) is 13.4. The number of carboxylic acid groups (broad SMARTS) is 1. The average molecular weight is 283 g/mol. The minimum atomic E-state index is -1.10. The zero-order valence-corrected chi connectivity index (χ0v) is 10.5. The molecule has 0 aliphatic carbocycles. The third-order valence-corrected chi connectivity index (χ3v) is 3.41. The second-order valence-corrected chi connectivity index (χ2v) is 4.64. The monoisotopic (exact) mass is 282 g/mol. The second kappa shape index (κ2) is 5.16. The molecule has 0 aliphatic heterocycles. The number of nitrogens with one attached hydrogen (secondary N) is 1. The number of thiophene rings is 1. The Morgan fingerprint density at radius 1 is 1.39 bits per heavy atom. The number of pyridine rings is 1. The number of nitrogens with zero attached hydrogens (tertiary/aromatic N) is 1. The number of aromatic carboxylic acids is 1. The van der Waals surface area contributed by atoms with E-state index in [0.29, 0.717) is 15.6 Å². The molecule has 2 aromatic rings. The first-order valence-corrected chi connectivity index (χ1v) is 6.06. The Balaban J connectivity index is 2.20. The third-order valence-electron chi connectivity index (χ3n) is 2.07. The lowest BCUT2D eigenvalue weighted by Gasteiger charge is -2.04. The number of halogens is 1. The van der Waals surface area contributed by atoms with Gasteiger partial charge in [-0.3, -0.25) is 9.78 Å². The first kappa shape index (κ1) is 12.5. The molecule has 1 amide bonds. The van der Waals surface area contributed by atoms with Crippen molar-refractivity contribution in [3.8, 4) is 0 Å². The molecule has 0 radical (unpaired) electrons. The Morgan fingerprint density at radius 3 is 2.78 bits per heavy atom. The number of anilines is 1. The summed E-state index contributed by atoms with van der Waals surface area (Å²) in [5.74, 6) is -1.49. The molecule has 7 heteroatoms. The van der Waals surface area contributed by atoms with Gasteiger partial charge in [0.1, 0.15) is 4.88 Å². The van der Waals surface area contributed by atoms with Gasteiger partial charge in [0.2, 0.25) is 0 Å². The van der Waals surface area contributed by atoms with Gasteiger partial charge in [-0.25, -0.2) is 4.79 Å². The third kappa shape index (κ3) is 2.66. The van der Waals surface area contributed by atoms with Crippen LogP contribution in [0.3, 0.4) is 0 Å². The lowest BCUT2D eigenvalue weighted by atomic mass is 10.2. The van der Waals surface area contributed by atoms with E-state index in [-0.39, 0.29) is 11.5 Å². The second-order valence-electron chi connectivity index (χ2n) is 3.32. The molecule has 2 aromatic heterocycles. The van der Waals surface area contributed by atoms with Crippen molar-refractivity contribution in [2.75, 3.05) is 5.32 Å². The van der Waals surface area contributed by atoms with E-state index in [4.69, 9.17) is 16.7 Å². The van der Waals surface area contributed by atoms with E-state index in [0.717, 1.165) is 0 Å². The summed E-state index contributed by atoms with van der Waals surface area (Å²) in [6.45, 7) is 0. The SMILES string of the molecule is O=C(O)c1cncc(NC(=O)c2sccc2Cl)c1. The summed E-state index contributed by atoms with van der Waals surface area (Å²) >= 11 is 7.03. The minimum absolute atomic E-state index is 0.00470. The van der Waals surface area contributed by atoms with Gasteiger partial charge in [0.25, 0.3) is 5.91 Å². The van der Waals surface area contributed by atoms with Crippen LogP contribution in [0.2, 0.25) is 5.02 Å². The predicted octanol–water partition coefficient (Wildman–Crippen LogP) is 2.75. The maximum absolute atomic E-state index is 11.8. The minimum Gasteiger partial charge on any atom is -0.478 e. The van der Waals surface area contributed by atoms with Crippen LogP contribution in [0.4, 0.5) is 5.69 Å². The van der Waals surface area contributed by atoms with Crippen molar-refractivity contribution in [3.05, 3.63) is 45.4 Å². The molecule has 5 nitrogen and oxygen atoms in total. The van der Waals surface area contributed by atoms with Crippen molar-refractivity contribution in [1.29, 1.82) is 0 Å². The van der Waals surface area contributed by atoms with Crippen LogP contribution in [0, 0.1) is 0 Å². The first-order valence-electron chi connectivity index (χ1n) is 4.80. The molecule has 0 fully saturated rings. The summed E-state index contributed by atoms with van der Waals surface area (Å²) in [6, 6.07) is 2.95. The van der Waals surface area contributed by atoms with Crippen LogP contribution in [0.25, 0.3) is 0 Å². The molecule has 0 aromatic carbocycles. The standard InChI is InChI=1S/C11H7ClN2O3S/c12-8-1-2-18-9(8)10(15)14-7-3-6(11(16)17)4-13-5-7/h1-5H,(H,14,15)(H,16,17). The molecule has 2 heterocycles. The molecule has 18 heavy (non-hydrogen) atoms. The Labute approximate surface area is 111 Å². The molecule has 92 valence electrons. The van der Waals surface area contributed by atoms with Crippen molar-refractivity contribution >= 4 is 40.5 Å². The highest BCUT2D eigenvalue weighted by Gasteiger charge is 2.13. The molecule has 2 N–H and O–H groups in total. The van der Waals surface area contributed by atoms with E-state index in [1.165, 1.54) is 29.8 Å². The number of hydrogen-bond donors (Lipinski definition) is 2. The average Bonchev–Trinajstić information content (AvgIpc) is 2.76. The maximum atomic E-state index is 11.8. The summed E-state index contributed by atoms with van der Waals surface area (Å²) in [6.07, 6.45) is 2.57. The summed E-state index contributed by atoms with van der Waals surface area (Å²) in [7, 11) is 0. The van der Waals surface area contributed by atoms with E-state index < -0.39 is 5.97 Å². The number of carbonyl (C=O) groups excluding carboxylic acids is 1. The highest BCUT2D eigenvalue weighted by Crippen LogP contribution is 2.23. The zero-order chi connectivity index (χ0) is 13.1. The summed E-state index contributed by atoms with van der Waals surface area (Å²) in [5.41, 5.74) is 0.314. The smallest absolute Gasteiger partial charge is 0.337 e. The fourth-order valence-electron chi connectivity index (χ4n) is 1.27. The summed E-state index contributed by atoms with van der Waals surface area (Å²) in [4.78, 5) is 26.7. The van der Waals surface area contributed by atoms with Crippen LogP contribution in [0.15, 0.2) is 29.9 Å². The van der Waals surface area contributed by atoms with Crippen molar-refractivity contribution in [1.82, 2.24) is 4.98 Å². The van der Waals surface area contributed by atoms with Crippen LogP contribution in [0.5, 0.6) is 0 Å². The normalized spacial score (nSPS) is 10.1. The fourth-order valence-corrected chi connectivity index (χ4v) is 2.30. The van der Waals surface area contributed by atoms with Gasteiger partial charge < -0.3 is 10.4 Å². The number of amides is 1. The Morgan fingerprint density at radius 2 is 2.17 bits per heavy atom. The van der Waals surface area contributed by atoms with Gasteiger partial charge in [0, 0.05) is 6.20 Å². The van der Waals surface area contributed by atoms with Gasteiger partial charge in [0.15, 0.2) is 0 Å². The zero-order valence-electron chi connectivity index (χ0n) is 8.88. The van der Waals surface area contributed by atoms with Gasteiger partial charge in [-0.05, 0) is 17.5 Å². The molecule has 0 unspecified atom stereocenters. The maximum Gasteiger partial charge on any atom is 0.337 e. The number of rotatable bonds is 3. The van der Waals surface area contributed by atoms with Crippen LogP contribution in [0.1, 0.15) is 20.0 Å². The summed E-state index contributed by atoms with van der Waals surface area (Å²) < 4.78 is 0. The molecule has 2 rings (SSSR count). The predicted molar refractivity (Wildman–Crippen MR) is 68.5 cm³/mol. The van der Waals surface area contributed by atoms with E-state index >= 15 is 0 Å². The first-order chi connectivity index (χ1) is 8.58. The molecule has 0 spiro atoms. The fraction of sp³-hybridized carbons (Fsp3) is 0. The quantitative estimate of drug-likeness (QED) is 0.907. The Bertz CT molecular complexity index is 612. The van der Waals surface area contributed by atoms with Gasteiger partial charge in [-0.2, -0.15) is 0 Å². The molecule has 0 bridgehead atoms. The van der Waals surface area contributed by atoms with Gasteiger partial charge >= 0.3 is 5.97 Å². The van der Waals surface area contributed by atoms with E-state index in [1.54, 1.807) is 11.4 Å². The van der Waals surface area contributed by atoms with Crippen LogP contribution < -0.4 is 5.32 Å². The lowest BCUT2D eigenvalue weighted by molar-refractivity contribution is 0.0696. The highest BCUT2D eigenvalue weighted by molar-refractivity contribution is 7.12. The number of carbonyl (C=O) groups is 2. The number of hydrogen-bond acceptors (Lipinski definition) is 4. The van der Waals surface area contributed by atoms with Crippen LogP contribution in [-0.4, -0.2) is 22.0 Å². The van der Waals surface area contributed by atoms with E-state index in [2.05, 4.69) is 10.3 Å². The van der Waals surface area contributed by atoms with Gasteiger partial charge in [-0.1, -0.05) is 11.6 Å². The molecular formula is C11H7ClN2O3S. The van der Waals surface area contributed by atoms with Crippen molar-refractivity contribution in [2.45, 2.75) is 0 Å². The van der Waals surface area contributed by atoms with E-state index in [1.807, 2.05) is 0 Å². The van der Waals surface area contributed by atoms with Crippen molar-refractivity contribution in [3.63, 3.8) is 0 Å². The molecule has 0 atom stereocenters. The number of carboxylic acids is 1. The van der Waals surface area contributed by atoms with E-state index in [9.17, 15) is 9.59 Å². The van der Waals surface area contributed by atoms with Crippen LogP contribution in [-0.2, 0) is 0 Å². The van der Waals surface area contributed by atoms with Gasteiger partial charge in [-0.15, -0.1) is 11.3 Å².